The van der Waals surface area contributed by atoms with Gasteiger partial charge in [0.1, 0.15) is 0 Å². The summed E-state index contributed by atoms with van der Waals surface area (Å²) < 4.78 is 0. The van der Waals surface area contributed by atoms with Crippen LogP contribution >= 0.6 is 0 Å². The molecular formula is C16H26N4O. The van der Waals surface area contributed by atoms with Crippen molar-refractivity contribution in [2.24, 2.45) is 0 Å². The van der Waals surface area contributed by atoms with Gasteiger partial charge in [-0.1, -0.05) is 0 Å². The maximum Gasteiger partial charge on any atom is 0.241 e. The molecule has 0 aromatic heterocycles. The molecule has 1 fully saturated rings. The van der Waals surface area contributed by atoms with E-state index in [1.807, 2.05) is 26.1 Å². The fourth-order valence-electron chi connectivity index (χ4n) is 2.71. The Morgan fingerprint density at radius 1 is 1.48 bits per heavy atom. The molecule has 5 heteroatoms. The summed E-state index contributed by atoms with van der Waals surface area (Å²) in [6.45, 7) is 4.03. The smallest absolute Gasteiger partial charge is 0.241 e. The molecule has 2 atom stereocenters. The first-order chi connectivity index (χ1) is 9.97. The fourth-order valence-corrected chi connectivity index (χ4v) is 2.71. The van der Waals surface area contributed by atoms with Crippen LogP contribution in [0, 0.1) is 0 Å². The monoisotopic (exact) mass is 290 g/mol. The van der Waals surface area contributed by atoms with Crippen molar-refractivity contribution in [3.63, 3.8) is 0 Å². The average Bonchev–Trinajstić information content (AvgIpc) is 2.86. The summed E-state index contributed by atoms with van der Waals surface area (Å²) in [6.07, 6.45) is 2.47. The Labute approximate surface area is 127 Å². The van der Waals surface area contributed by atoms with Gasteiger partial charge in [-0.25, -0.2) is 0 Å². The predicted octanol–water partition coefficient (Wildman–Crippen LogP) is 1.62. The number of nitrogens with two attached hydrogens (primary N) is 1. The van der Waals surface area contributed by atoms with Crippen molar-refractivity contribution in [2.75, 3.05) is 38.2 Å². The number of anilines is 2. The zero-order valence-electron chi connectivity index (χ0n) is 13.2. The van der Waals surface area contributed by atoms with E-state index < -0.39 is 0 Å². The standard InChI is InChI=1S/C16H26N4O/c1-12(20(3)11-15-5-4-10-19(15)2)16(21)18-14-8-6-13(17)7-9-14/h6-9,12,15H,4-5,10-11,17H2,1-3H3,(H,18,21). The van der Waals surface area contributed by atoms with Gasteiger partial charge in [0.15, 0.2) is 0 Å². The first kappa shape index (κ1) is 15.8. The molecule has 116 valence electrons. The zero-order valence-corrected chi connectivity index (χ0v) is 13.2. The number of rotatable bonds is 5. The lowest BCUT2D eigenvalue weighted by molar-refractivity contribution is -0.120. The Morgan fingerprint density at radius 2 is 2.14 bits per heavy atom. The molecule has 0 radical (unpaired) electrons. The number of likely N-dealkylation sites (tertiary alicyclic amines) is 1. The van der Waals surface area contributed by atoms with Crippen molar-refractivity contribution in [1.29, 1.82) is 0 Å². The number of nitrogen functional groups attached to an aromatic ring is 1. The molecule has 1 amide bonds. The van der Waals surface area contributed by atoms with Gasteiger partial charge < -0.3 is 16.0 Å². The third kappa shape index (κ3) is 4.19. The summed E-state index contributed by atoms with van der Waals surface area (Å²) in [5.41, 5.74) is 7.13. The second-order valence-corrected chi connectivity index (χ2v) is 6.00. The van der Waals surface area contributed by atoms with Crippen LogP contribution < -0.4 is 11.1 Å². The molecule has 0 bridgehead atoms. The maximum absolute atomic E-state index is 12.3. The van der Waals surface area contributed by atoms with Crippen molar-refractivity contribution < 1.29 is 4.79 Å². The number of hydrogen-bond donors (Lipinski definition) is 2. The lowest BCUT2D eigenvalue weighted by Gasteiger charge is -2.29. The summed E-state index contributed by atoms with van der Waals surface area (Å²) >= 11 is 0. The van der Waals surface area contributed by atoms with Gasteiger partial charge in [-0.3, -0.25) is 9.69 Å². The molecule has 1 aromatic rings. The van der Waals surface area contributed by atoms with Gasteiger partial charge in [0, 0.05) is 24.0 Å². The number of hydrogen-bond acceptors (Lipinski definition) is 4. The third-order valence-electron chi connectivity index (χ3n) is 4.39. The Kier molecular flexibility index (Phi) is 5.20. The van der Waals surface area contributed by atoms with E-state index in [0.717, 1.165) is 18.8 Å². The van der Waals surface area contributed by atoms with Gasteiger partial charge in [-0.15, -0.1) is 0 Å². The highest BCUT2D eigenvalue weighted by Crippen LogP contribution is 2.17. The predicted molar refractivity (Wildman–Crippen MR) is 87.2 cm³/mol. The van der Waals surface area contributed by atoms with Crippen molar-refractivity contribution in [3.05, 3.63) is 24.3 Å². The number of amides is 1. The topological polar surface area (TPSA) is 61.6 Å². The van der Waals surface area contributed by atoms with E-state index in [1.165, 1.54) is 12.8 Å². The Morgan fingerprint density at radius 3 is 2.71 bits per heavy atom. The van der Waals surface area contributed by atoms with Crippen molar-refractivity contribution >= 4 is 17.3 Å². The summed E-state index contributed by atoms with van der Waals surface area (Å²) in [7, 11) is 4.17. The maximum atomic E-state index is 12.3. The lowest BCUT2D eigenvalue weighted by atomic mass is 10.1. The summed E-state index contributed by atoms with van der Waals surface area (Å²) in [5.74, 6) is 0.0166. The second kappa shape index (κ2) is 6.91. The number of likely N-dealkylation sites (N-methyl/N-ethyl adjacent to an activating group) is 2. The SMILES string of the molecule is CC(C(=O)Nc1ccc(N)cc1)N(C)CC1CCCN1C. The van der Waals surface area contributed by atoms with Crippen LogP contribution in [0.4, 0.5) is 11.4 Å². The van der Waals surface area contributed by atoms with Gasteiger partial charge in [-0.2, -0.15) is 0 Å². The van der Waals surface area contributed by atoms with Gasteiger partial charge in [0.25, 0.3) is 0 Å². The Hall–Kier alpha value is -1.59. The number of benzene rings is 1. The lowest BCUT2D eigenvalue weighted by Crippen LogP contribution is -2.45. The van der Waals surface area contributed by atoms with Crippen LogP contribution in [0.1, 0.15) is 19.8 Å². The molecule has 2 rings (SSSR count). The molecule has 0 spiro atoms. The number of nitrogens with one attached hydrogen (secondary N) is 1. The highest BCUT2D eigenvalue weighted by molar-refractivity contribution is 5.94. The molecule has 21 heavy (non-hydrogen) atoms. The van der Waals surface area contributed by atoms with Gasteiger partial charge in [0.2, 0.25) is 5.91 Å². The van der Waals surface area contributed by atoms with Crippen molar-refractivity contribution in [3.8, 4) is 0 Å². The molecule has 5 nitrogen and oxygen atoms in total. The van der Waals surface area contributed by atoms with E-state index in [9.17, 15) is 4.79 Å². The first-order valence-electron chi connectivity index (χ1n) is 7.54. The molecule has 1 aliphatic heterocycles. The van der Waals surface area contributed by atoms with Crippen LogP contribution in [0.25, 0.3) is 0 Å². The van der Waals surface area contributed by atoms with Gasteiger partial charge >= 0.3 is 0 Å². The first-order valence-corrected chi connectivity index (χ1v) is 7.54. The van der Waals surface area contributed by atoms with Crippen molar-refractivity contribution in [1.82, 2.24) is 9.80 Å². The van der Waals surface area contributed by atoms with E-state index in [2.05, 4.69) is 22.2 Å². The largest absolute Gasteiger partial charge is 0.399 e. The van der Waals surface area contributed by atoms with Crippen LogP contribution in [0.5, 0.6) is 0 Å². The summed E-state index contributed by atoms with van der Waals surface area (Å²) in [5, 5.41) is 2.94. The van der Waals surface area contributed by atoms with Crippen LogP contribution in [0.15, 0.2) is 24.3 Å². The van der Waals surface area contributed by atoms with Crippen LogP contribution in [0.2, 0.25) is 0 Å². The van der Waals surface area contributed by atoms with Gasteiger partial charge in [-0.05, 0) is 64.7 Å². The summed E-state index contributed by atoms with van der Waals surface area (Å²) in [4.78, 5) is 16.8. The molecule has 0 aliphatic carbocycles. The molecule has 1 saturated heterocycles. The Bertz CT molecular complexity index is 474. The minimum Gasteiger partial charge on any atom is -0.399 e. The molecule has 3 N–H and O–H groups in total. The zero-order chi connectivity index (χ0) is 15.4. The molecule has 1 heterocycles. The number of carbonyl (C=O) groups is 1. The summed E-state index contributed by atoms with van der Waals surface area (Å²) in [6, 6.07) is 7.63. The van der Waals surface area contributed by atoms with E-state index in [-0.39, 0.29) is 11.9 Å². The minimum atomic E-state index is -0.156. The highest BCUT2D eigenvalue weighted by Gasteiger charge is 2.26. The van der Waals surface area contributed by atoms with Gasteiger partial charge in [0.05, 0.1) is 6.04 Å². The quantitative estimate of drug-likeness (QED) is 0.809. The molecule has 2 unspecified atom stereocenters. The second-order valence-electron chi connectivity index (χ2n) is 6.00. The number of carbonyl (C=O) groups excluding carboxylic acids is 1. The molecule has 0 saturated carbocycles. The average molecular weight is 290 g/mol. The highest BCUT2D eigenvalue weighted by atomic mass is 16.2. The van der Waals surface area contributed by atoms with Crippen molar-refractivity contribution in [2.45, 2.75) is 31.8 Å². The van der Waals surface area contributed by atoms with E-state index in [1.54, 1.807) is 12.1 Å². The molecule has 1 aliphatic rings. The van der Waals surface area contributed by atoms with E-state index in [4.69, 9.17) is 5.73 Å². The van der Waals surface area contributed by atoms with Crippen LogP contribution in [-0.2, 0) is 4.79 Å². The number of nitrogens with zero attached hydrogens (tertiary/aromatic N) is 2. The van der Waals surface area contributed by atoms with Crippen LogP contribution in [0.3, 0.4) is 0 Å². The fraction of sp³-hybridized carbons (Fsp3) is 0.562. The van der Waals surface area contributed by atoms with E-state index in [0.29, 0.717) is 11.7 Å². The minimum absolute atomic E-state index is 0.0166. The Balaban J connectivity index is 1.87. The molecular weight excluding hydrogens is 264 g/mol. The third-order valence-corrected chi connectivity index (χ3v) is 4.39. The van der Waals surface area contributed by atoms with E-state index >= 15 is 0 Å². The van der Waals surface area contributed by atoms with Crippen LogP contribution in [-0.4, -0.2) is 55.0 Å². The molecule has 1 aromatic carbocycles. The normalized spacial score (nSPS) is 20.7.